The summed E-state index contributed by atoms with van der Waals surface area (Å²) in [5.41, 5.74) is 1.14. The Labute approximate surface area is 84.1 Å². The molecule has 0 aliphatic carbocycles. The first-order valence-electron chi connectivity index (χ1n) is 4.61. The van der Waals surface area contributed by atoms with Gasteiger partial charge in [-0.3, -0.25) is 9.78 Å². The zero-order valence-corrected chi connectivity index (χ0v) is 8.26. The summed E-state index contributed by atoms with van der Waals surface area (Å²) >= 11 is 0. The Balaban J connectivity index is 2.57. The number of carbonyl (C=O) groups excluding carboxylic acids is 1. The molecule has 0 radical (unpaired) electrons. The summed E-state index contributed by atoms with van der Waals surface area (Å²) in [5.74, 6) is 0. The minimum absolute atomic E-state index is 0.784. The highest BCUT2D eigenvalue weighted by molar-refractivity contribution is 5.64. The summed E-state index contributed by atoms with van der Waals surface area (Å²) in [6, 6.07) is 3.93. The van der Waals surface area contributed by atoms with Crippen molar-refractivity contribution < 1.29 is 4.79 Å². The molecule has 0 bridgehead atoms. The smallest absolute Gasteiger partial charge is 0.144 e. The van der Waals surface area contributed by atoms with Crippen LogP contribution in [0.15, 0.2) is 36.8 Å². The minimum Gasteiger partial charge on any atom is -0.373 e. The third kappa shape index (κ3) is 3.39. The van der Waals surface area contributed by atoms with E-state index in [0.717, 1.165) is 24.9 Å². The van der Waals surface area contributed by atoms with Gasteiger partial charge in [-0.2, -0.15) is 0 Å². The highest BCUT2D eigenvalue weighted by Crippen LogP contribution is 2.02. The van der Waals surface area contributed by atoms with Crippen molar-refractivity contribution in [2.75, 3.05) is 6.54 Å². The van der Waals surface area contributed by atoms with E-state index in [4.69, 9.17) is 0 Å². The van der Waals surface area contributed by atoms with E-state index in [-0.39, 0.29) is 0 Å². The average Bonchev–Trinajstić information content (AvgIpc) is 2.25. The van der Waals surface area contributed by atoms with Gasteiger partial charge in [0.05, 0.1) is 0 Å². The Hall–Kier alpha value is -1.64. The van der Waals surface area contributed by atoms with Gasteiger partial charge in [-0.1, -0.05) is 6.07 Å². The van der Waals surface area contributed by atoms with Gasteiger partial charge in [0, 0.05) is 31.7 Å². The van der Waals surface area contributed by atoms with E-state index in [1.807, 2.05) is 30.2 Å². The number of aldehydes is 1. The molecule has 3 heteroatoms. The molecule has 3 nitrogen and oxygen atoms in total. The standard InChI is InChI=1S/C11H14N2O/c1-2-13(7-4-8-14)10-11-5-3-6-12-9-11/h3-9H,2,10H2,1H3/b7-4+. The molecule has 0 aliphatic rings. The van der Waals surface area contributed by atoms with E-state index < -0.39 is 0 Å². The quantitative estimate of drug-likeness (QED) is 0.522. The van der Waals surface area contributed by atoms with Crippen LogP contribution in [0.3, 0.4) is 0 Å². The summed E-state index contributed by atoms with van der Waals surface area (Å²) in [6.45, 7) is 3.71. The molecule has 14 heavy (non-hydrogen) atoms. The van der Waals surface area contributed by atoms with E-state index in [0.29, 0.717) is 0 Å². The van der Waals surface area contributed by atoms with Crippen molar-refractivity contribution in [3.05, 3.63) is 42.4 Å². The molecule has 74 valence electrons. The Morgan fingerprint density at radius 2 is 2.43 bits per heavy atom. The summed E-state index contributed by atoms with van der Waals surface area (Å²) in [4.78, 5) is 16.2. The highest BCUT2D eigenvalue weighted by atomic mass is 16.1. The van der Waals surface area contributed by atoms with Gasteiger partial charge in [-0.15, -0.1) is 0 Å². The van der Waals surface area contributed by atoms with E-state index in [1.54, 1.807) is 12.4 Å². The van der Waals surface area contributed by atoms with Gasteiger partial charge in [0.1, 0.15) is 6.29 Å². The van der Waals surface area contributed by atoms with Crippen LogP contribution in [0, 0.1) is 0 Å². The fraction of sp³-hybridized carbons (Fsp3) is 0.273. The number of carbonyl (C=O) groups is 1. The maximum Gasteiger partial charge on any atom is 0.144 e. The molecule has 0 spiro atoms. The van der Waals surface area contributed by atoms with Crippen molar-refractivity contribution in [2.45, 2.75) is 13.5 Å². The van der Waals surface area contributed by atoms with Crippen LogP contribution >= 0.6 is 0 Å². The molecule has 0 atom stereocenters. The summed E-state index contributed by atoms with van der Waals surface area (Å²) in [6.07, 6.45) is 7.66. The van der Waals surface area contributed by atoms with Crippen LogP contribution in [0.1, 0.15) is 12.5 Å². The Morgan fingerprint density at radius 1 is 1.57 bits per heavy atom. The monoisotopic (exact) mass is 190 g/mol. The maximum atomic E-state index is 10.2. The molecule has 0 amide bonds. The van der Waals surface area contributed by atoms with E-state index in [1.165, 1.54) is 6.08 Å². The molecule has 0 fully saturated rings. The first-order chi connectivity index (χ1) is 6.86. The predicted octanol–water partition coefficient (Wildman–Crippen LogP) is 1.62. The van der Waals surface area contributed by atoms with E-state index in [9.17, 15) is 4.79 Å². The SMILES string of the molecule is CCN(/C=C/C=O)Cc1cccnc1. The number of allylic oxidation sites excluding steroid dienone is 1. The lowest BCUT2D eigenvalue weighted by Crippen LogP contribution is -2.15. The highest BCUT2D eigenvalue weighted by Gasteiger charge is 1.97. The fourth-order valence-electron chi connectivity index (χ4n) is 1.15. The van der Waals surface area contributed by atoms with Crippen molar-refractivity contribution in [1.82, 2.24) is 9.88 Å². The van der Waals surface area contributed by atoms with Gasteiger partial charge in [0.15, 0.2) is 0 Å². The van der Waals surface area contributed by atoms with Crippen LogP contribution < -0.4 is 0 Å². The summed E-state index contributed by atoms with van der Waals surface area (Å²) in [7, 11) is 0. The lowest BCUT2D eigenvalue weighted by molar-refractivity contribution is -0.104. The molecule has 0 saturated heterocycles. The number of hydrogen-bond acceptors (Lipinski definition) is 3. The van der Waals surface area contributed by atoms with Gasteiger partial charge >= 0.3 is 0 Å². The Kier molecular flexibility index (Phi) is 4.41. The summed E-state index contributed by atoms with van der Waals surface area (Å²) < 4.78 is 0. The van der Waals surface area contributed by atoms with E-state index >= 15 is 0 Å². The molecule has 1 aromatic rings. The number of hydrogen-bond donors (Lipinski definition) is 0. The van der Waals surface area contributed by atoms with Gasteiger partial charge in [0.2, 0.25) is 0 Å². The topological polar surface area (TPSA) is 33.2 Å². The largest absolute Gasteiger partial charge is 0.373 e. The molecule has 0 N–H and O–H groups in total. The first-order valence-corrected chi connectivity index (χ1v) is 4.61. The molecule has 0 unspecified atom stereocenters. The Bertz CT molecular complexity index is 295. The fourth-order valence-corrected chi connectivity index (χ4v) is 1.15. The second kappa shape index (κ2) is 5.91. The molecule has 1 heterocycles. The third-order valence-corrected chi connectivity index (χ3v) is 1.89. The number of rotatable bonds is 5. The van der Waals surface area contributed by atoms with Crippen LogP contribution in [0.25, 0.3) is 0 Å². The molecule has 1 rings (SSSR count). The third-order valence-electron chi connectivity index (χ3n) is 1.89. The minimum atomic E-state index is 0.784. The van der Waals surface area contributed by atoms with Crippen LogP contribution in [0.2, 0.25) is 0 Å². The lowest BCUT2D eigenvalue weighted by Gasteiger charge is -2.17. The predicted molar refractivity (Wildman–Crippen MR) is 55.5 cm³/mol. The van der Waals surface area contributed by atoms with Crippen LogP contribution in [-0.2, 0) is 11.3 Å². The first kappa shape index (κ1) is 10.4. The number of nitrogens with zero attached hydrogens (tertiary/aromatic N) is 2. The Morgan fingerprint density at radius 3 is 3.00 bits per heavy atom. The van der Waals surface area contributed by atoms with Gasteiger partial charge < -0.3 is 4.90 Å². The lowest BCUT2D eigenvalue weighted by atomic mass is 10.3. The molecule has 0 saturated carbocycles. The summed E-state index contributed by atoms with van der Waals surface area (Å²) in [5, 5.41) is 0. The van der Waals surface area contributed by atoms with Crippen LogP contribution in [0.4, 0.5) is 0 Å². The van der Waals surface area contributed by atoms with Crippen LogP contribution in [-0.4, -0.2) is 22.7 Å². The second-order valence-corrected chi connectivity index (χ2v) is 2.90. The zero-order valence-electron chi connectivity index (χ0n) is 8.26. The van der Waals surface area contributed by atoms with Crippen molar-refractivity contribution in [2.24, 2.45) is 0 Å². The molecular formula is C11H14N2O. The number of pyridine rings is 1. The zero-order chi connectivity index (χ0) is 10.2. The maximum absolute atomic E-state index is 10.2. The van der Waals surface area contributed by atoms with Crippen molar-refractivity contribution >= 4 is 6.29 Å². The second-order valence-electron chi connectivity index (χ2n) is 2.90. The van der Waals surface area contributed by atoms with Gasteiger partial charge in [-0.25, -0.2) is 0 Å². The van der Waals surface area contributed by atoms with E-state index in [2.05, 4.69) is 4.98 Å². The van der Waals surface area contributed by atoms with Gasteiger partial charge in [-0.05, 0) is 24.6 Å². The molecule has 1 aromatic heterocycles. The molecular weight excluding hydrogens is 176 g/mol. The average molecular weight is 190 g/mol. The molecule has 0 aromatic carbocycles. The van der Waals surface area contributed by atoms with Gasteiger partial charge in [0.25, 0.3) is 0 Å². The van der Waals surface area contributed by atoms with Crippen molar-refractivity contribution in [3.8, 4) is 0 Å². The van der Waals surface area contributed by atoms with Crippen molar-refractivity contribution in [3.63, 3.8) is 0 Å². The van der Waals surface area contributed by atoms with Crippen molar-refractivity contribution in [1.29, 1.82) is 0 Å². The van der Waals surface area contributed by atoms with Crippen LogP contribution in [0.5, 0.6) is 0 Å². The number of aromatic nitrogens is 1. The molecule has 0 aliphatic heterocycles. The normalized spacial score (nSPS) is 10.4.